The van der Waals surface area contributed by atoms with Crippen molar-refractivity contribution in [3.8, 4) is 11.5 Å². The highest BCUT2D eigenvalue weighted by molar-refractivity contribution is 6.31. The molecule has 12 nitrogen and oxygen atoms in total. The van der Waals surface area contributed by atoms with E-state index in [0.717, 1.165) is 0 Å². The van der Waals surface area contributed by atoms with Gasteiger partial charge in [0.15, 0.2) is 5.82 Å². The zero-order valence-corrected chi connectivity index (χ0v) is 27.5. The maximum atomic E-state index is 14.3. The lowest BCUT2D eigenvalue weighted by Gasteiger charge is -2.40. The van der Waals surface area contributed by atoms with E-state index in [-0.39, 0.29) is 17.3 Å². The first-order valence-electron chi connectivity index (χ1n) is 15.0. The molecular weight excluding hydrogens is 629 g/mol. The van der Waals surface area contributed by atoms with E-state index in [1.807, 2.05) is 0 Å². The van der Waals surface area contributed by atoms with Crippen LogP contribution in [0.5, 0.6) is 11.5 Å². The van der Waals surface area contributed by atoms with E-state index in [9.17, 15) is 18.8 Å². The maximum Gasteiger partial charge on any atom is 0.327 e. The highest BCUT2D eigenvalue weighted by atomic mass is 35.5. The minimum Gasteiger partial charge on any atom is -0.497 e. The van der Waals surface area contributed by atoms with Gasteiger partial charge >= 0.3 is 6.03 Å². The number of carbonyl (C=O) groups excluding carboxylic acids is 2. The van der Waals surface area contributed by atoms with Crippen molar-refractivity contribution in [2.45, 2.75) is 32.4 Å². The number of anilines is 2. The first kappa shape index (κ1) is 33.5. The second kappa shape index (κ2) is 13.5. The van der Waals surface area contributed by atoms with Gasteiger partial charge in [-0.1, -0.05) is 11.6 Å². The highest BCUT2D eigenvalue weighted by Gasteiger charge is 2.34. The van der Waals surface area contributed by atoms with E-state index in [1.54, 1.807) is 67.1 Å². The lowest BCUT2D eigenvalue weighted by Crippen LogP contribution is -2.60. The lowest BCUT2D eigenvalue weighted by molar-refractivity contribution is -0.136. The molecule has 47 heavy (non-hydrogen) atoms. The number of hydrogen-bond donors (Lipinski definition) is 2. The molecule has 3 aromatic carbocycles. The molecule has 1 unspecified atom stereocenters. The number of nitrogens with zero attached hydrogens (tertiary/aromatic N) is 5. The van der Waals surface area contributed by atoms with E-state index >= 15 is 0 Å². The minimum atomic E-state index is -1.05. The summed E-state index contributed by atoms with van der Waals surface area (Å²) in [5.41, 5.74) is 5.74. The molecule has 0 saturated carbocycles. The first-order chi connectivity index (χ1) is 22.3. The van der Waals surface area contributed by atoms with Gasteiger partial charge in [-0.05, 0) is 75.4 Å². The molecule has 5 rings (SSSR count). The number of carbonyl (C=O) groups is 2. The summed E-state index contributed by atoms with van der Waals surface area (Å²) in [6.07, 6.45) is 0. The van der Waals surface area contributed by atoms with Gasteiger partial charge in [0.25, 0.3) is 5.56 Å². The Balaban J connectivity index is 1.64. The third-order valence-corrected chi connectivity index (χ3v) is 8.17. The quantitative estimate of drug-likeness (QED) is 0.281. The van der Waals surface area contributed by atoms with Crippen LogP contribution in [0.3, 0.4) is 0 Å². The van der Waals surface area contributed by atoms with Crippen LogP contribution in [-0.4, -0.2) is 72.4 Å². The molecule has 1 fully saturated rings. The predicted octanol–water partition coefficient (Wildman–Crippen LogP) is 4.52. The average Bonchev–Trinajstić information content (AvgIpc) is 3.05. The van der Waals surface area contributed by atoms with Crippen molar-refractivity contribution in [3.05, 3.63) is 87.7 Å². The van der Waals surface area contributed by atoms with E-state index < -0.39 is 23.4 Å². The lowest BCUT2D eigenvalue weighted by atomic mass is 10.1. The normalized spacial score (nSPS) is 14.1. The summed E-state index contributed by atoms with van der Waals surface area (Å²) in [5, 5.41) is 5.28. The van der Waals surface area contributed by atoms with Crippen molar-refractivity contribution in [2.24, 2.45) is 5.73 Å². The molecule has 4 aromatic rings. The molecule has 1 aromatic heterocycles. The van der Waals surface area contributed by atoms with Crippen molar-refractivity contribution < 1.29 is 23.5 Å². The van der Waals surface area contributed by atoms with Gasteiger partial charge in [-0.15, -0.1) is 0 Å². The number of ether oxygens (including phenoxy) is 2. The molecule has 2 heterocycles. The first-order valence-corrected chi connectivity index (χ1v) is 15.3. The fourth-order valence-corrected chi connectivity index (χ4v) is 5.70. The number of fused-ring (bicyclic) bond motifs is 1. The van der Waals surface area contributed by atoms with Crippen LogP contribution in [0.2, 0.25) is 5.02 Å². The fraction of sp³-hybridized carbons (Fsp3) is 0.333. The second-order valence-corrected chi connectivity index (χ2v) is 12.2. The number of hydrogen-bond acceptors (Lipinski definition) is 8. The minimum absolute atomic E-state index is 0.197. The van der Waals surface area contributed by atoms with Gasteiger partial charge in [0.1, 0.15) is 17.3 Å². The van der Waals surface area contributed by atoms with Crippen LogP contribution >= 0.6 is 11.6 Å². The number of aromatic nitrogens is 2. The summed E-state index contributed by atoms with van der Waals surface area (Å²) < 4.78 is 26.2. The molecule has 248 valence electrons. The summed E-state index contributed by atoms with van der Waals surface area (Å²) in [5.74, 6) is 0.422. The van der Waals surface area contributed by atoms with Crippen LogP contribution in [0.4, 0.5) is 20.6 Å². The number of nitrogens with one attached hydrogen (secondary N) is 1. The Labute approximate surface area is 276 Å². The van der Waals surface area contributed by atoms with Crippen LogP contribution in [0.1, 0.15) is 32.6 Å². The van der Waals surface area contributed by atoms with Crippen LogP contribution in [0, 0.1) is 5.82 Å². The third-order valence-electron chi connectivity index (χ3n) is 7.93. The predicted molar refractivity (Wildman–Crippen MR) is 180 cm³/mol. The molecule has 1 aliphatic heterocycles. The molecular formula is C33H37ClFN7O5. The Hall–Kier alpha value is -4.88. The highest BCUT2D eigenvalue weighted by Crippen LogP contribution is 2.37. The van der Waals surface area contributed by atoms with E-state index in [2.05, 4.69) is 5.32 Å². The van der Waals surface area contributed by atoms with Gasteiger partial charge in [0.2, 0.25) is 5.91 Å². The molecule has 0 spiro atoms. The summed E-state index contributed by atoms with van der Waals surface area (Å²) >= 11 is 6.29. The zero-order valence-electron chi connectivity index (χ0n) is 26.8. The average molecular weight is 666 g/mol. The molecule has 0 radical (unpaired) electrons. The molecule has 0 bridgehead atoms. The molecule has 14 heteroatoms. The monoisotopic (exact) mass is 665 g/mol. The largest absolute Gasteiger partial charge is 0.497 e. The molecule has 1 aliphatic rings. The number of nitrogens with two attached hydrogens (primary N) is 1. The topological polar surface area (TPSA) is 135 Å². The van der Waals surface area contributed by atoms with E-state index in [4.69, 9.17) is 31.8 Å². The van der Waals surface area contributed by atoms with Crippen LogP contribution in [0.15, 0.2) is 65.5 Å². The Bertz CT molecular complexity index is 1850. The number of piperazine rings is 1. The molecule has 0 aliphatic carbocycles. The fourth-order valence-electron chi connectivity index (χ4n) is 5.53. The van der Waals surface area contributed by atoms with E-state index in [0.29, 0.717) is 65.0 Å². The number of rotatable bonds is 8. The summed E-state index contributed by atoms with van der Waals surface area (Å²) in [6.45, 7) is 6.27. The second-order valence-electron chi connectivity index (χ2n) is 11.7. The van der Waals surface area contributed by atoms with Gasteiger partial charge in [0, 0.05) is 29.9 Å². The standard InChI is InChI=1S/C33H37ClFN7O5/c1-20(41(27-13-11-24(46-4)19-28(27)47-5)32(45)37-23-9-7-22(35)8-10-23)29-38-26-12-6-21(34)18-25(26)30(43)42(29)40-16-14-39(15-17-40)31(44)33(2,3)36/h6-13,18-20H,14-17,36H2,1-5H3,(H,37,45). The van der Waals surface area contributed by atoms with Crippen molar-refractivity contribution in [1.82, 2.24) is 14.6 Å². The van der Waals surface area contributed by atoms with Crippen molar-refractivity contribution in [3.63, 3.8) is 0 Å². The van der Waals surface area contributed by atoms with Gasteiger partial charge in [0.05, 0.1) is 55.5 Å². The molecule has 3 amide bonds. The van der Waals surface area contributed by atoms with Crippen molar-refractivity contribution in [2.75, 3.05) is 55.6 Å². The zero-order chi connectivity index (χ0) is 34.0. The third kappa shape index (κ3) is 6.96. The number of halogens is 2. The number of urea groups is 1. The van der Waals surface area contributed by atoms with Gasteiger partial charge in [-0.3, -0.25) is 14.5 Å². The van der Waals surface area contributed by atoms with Crippen molar-refractivity contribution >= 4 is 45.8 Å². The maximum absolute atomic E-state index is 14.3. The number of benzene rings is 3. The Morgan fingerprint density at radius 1 is 1.02 bits per heavy atom. The van der Waals surface area contributed by atoms with Crippen LogP contribution in [0.25, 0.3) is 10.9 Å². The summed E-state index contributed by atoms with van der Waals surface area (Å²) in [4.78, 5) is 49.3. The van der Waals surface area contributed by atoms with E-state index in [1.165, 1.54) is 48.1 Å². The summed E-state index contributed by atoms with van der Waals surface area (Å²) in [7, 11) is 2.98. The van der Waals surface area contributed by atoms with Gasteiger partial charge in [-0.2, -0.15) is 0 Å². The number of amides is 3. The Morgan fingerprint density at radius 2 is 1.70 bits per heavy atom. The Morgan fingerprint density at radius 3 is 2.32 bits per heavy atom. The molecule has 1 saturated heterocycles. The van der Waals surface area contributed by atoms with Crippen LogP contribution < -0.4 is 36.0 Å². The Kier molecular flexibility index (Phi) is 9.59. The van der Waals surface area contributed by atoms with Gasteiger partial charge < -0.3 is 30.4 Å². The van der Waals surface area contributed by atoms with Gasteiger partial charge in [-0.25, -0.2) is 18.8 Å². The smallest absolute Gasteiger partial charge is 0.327 e. The molecule has 1 atom stereocenters. The SMILES string of the molecule is COc1ccc(N(C(=O)Nc2ccc(F)cc2)C(C)c2nc3ccc(Cl)cc3c(=O)n2N2CCN(C(=O)C(C)(C)N)CC2)c(OC)c1. The number of methoxy groups -OCH3 is 2. The van der Waals surface area contributed by atoms with Crippen LogP contribution in [-0.2, 0) is 4.79 Å². The molecule has 3 N–H and O–H groups in total. The van der Waals surface area contributed by atoms with Crippen molar-refractivity contribution in [1.29, 1.82) is 0 Å². The summed E-state index contributed by atoms with van der Waals surface area (Å²) in [6, 6.07) is 13.7.